The van der Waals surface area contributed by atoms with E-state index in [-0.39, 0.29) is 0 Å². The van der Waals surface area contributed by atoms with Crippen LogP contribution in [0, 0.1) is 6.92 Å². The van der Waals surface area contributed by atoms with Gasteiger partial charge in [0.2, 0.25) is 0 Å². The summed E-state index contributed by atoms with van der Waals surface area (Å²) < 4.78 is 5.67. The van der Waals surface area contributed by atoms with Gasteiger partial charge in [-0.1, -0.05) is 25.5 Å². The number of hydrogen-bond acceptors (Lipinski definition) is 2. The molecule has 3 nitrogen and oxygen atoms in total. The number of rotatable bonds is 6. The summed E-state index contributed by atoms with van der Waals surface area (Å²) in [5, 5.41) is 8.90. The third kappa shape index (κ3) is 3.91. The SMILES string of the molecule is CCCOc1ccc(C)cc1/C(=C/C(=O)O)CC. The minimum atomic E-state index is -0.921. The molecule has 0 fully saturated rings. The van der Waals surface area contributed by atoms with Crippen LogP contribution in [0.15, 0.2) is 24.3 Å². The Morgan fingerprint density at radius 1 is 1.39 bits per heavy atom. The Bertz CT molecular complexity index is 447. The van der Waals surface area contributed by atoms with Gasteiger partial charge in [-0.2, -0.15) is 0 Å². The van der Waals surface area contributed by atoms with Crippen LogP contribution in [0.2, 0.25) is 0 Å². The van der Waals surface area contributed by atoms with Crippen molar-refractivity contribution in [2.75, 3.05) is 6.61 Å². The molecule has 0 amide bonds. The summed E-state index contributed by atoms with van der Waals surface area (Å²) in [4.78, 5) is 10.8. The summed E-state index contributed by atoms with van der Waals surface area (Å²) >= 11 is 0. The van der Waals surface area contributed by atoms with Crippen molar-refractivity contribution >= 4 is 11.5 Å². The number of carboxylic acid groups (broad SMARTS) is 1. The van der Waals surface area contributed by atoms with Crippen LogP contribution in [0.5, 0.6) is 5.75 Å². The summed E-state index contributed by atoms with van der Waals surface area (Å²) in [6.45, 7) is 6.61. The van der Waals surface area contributed by atoms with Crippen molar-refractivity contribution in [3.8, 4) is 5.75 Å². The Morgan fingerprint density at radius 3 is 2.67 bits per heavy atom. The Hall–Kier alpha value is -1.77. The lowest BCUT2D eigenvalue weighted by Gasteiger charge is -2.13. The molecule has 0 saturated carbocycles. The van der Waals surface area contributed by atoms with Gasteiger partial charge in [-0.05, 0) is 37.5 Å². The predicted octanol–water partition coefficient (Wildman–Crippen LogP) is 3.66. The number of hydrogen-bond donors (Lipinski definition) is 1. The molecular weight excluding hydrogens is 228 g/mol. The van der Waals surface area contributed by atoms with Gasteiger partial charge < -0.3 is 9.84 Å². The summed E-state index contributed by atoms with van der Waals surface area (Å²) in [7, 11) is 0. The normalized spacial score (nSPS) is 11.4. The molecule has 1 aromatic rings. The van der Waals surface area contributed by atoms with E-state index in [0.29, 0.717) is 13.0 Å². The molecule has 1 rings (SSSR count). The van der Waals surface area contributed by atoms with Crippen LogP contribution in [-0.4, -0.2) is 17.7 Å². The van der Waals surface area contributed by atoms with Crippen LogP contribution in [0.1, 0.15) is 37.8 Å². The first-order valence-electron chi connectivity index (χ1n) is 6.25. The Balaban J connectivity index is 3.17. The third-order valence-corrected chi connectivity index (χ3v) is 2.62. The highest BCUT2D eigenvalue weighted by molar-refractivity contribution is 5.91. The molecule has 98 valence electrons. The van der Waals surface area contributed by atoms with Gasteiger partial charge in [0.25, 0.3) is 0 Å². The lowest BCUT2D eigenvalue weighted by molar-refractivity contribution is -0.131. The fraction of sp³-hybridized carbons (Fsp3) is 0.400. The molecule has 18 heavy (non-hydrogen) atoms. The van der Waals surface area contributed by atoms with Gasteiger partial charge >= 0.3 is 5.97 Å². The number of carboxylic acids is 1. The second-order valence-electron chi connectivity index (χ2n) is 4.21. The number of allylic oxidation sites excluding steroid dienone is 1. The standard InChI is InChI=1S/C15H20O3/c1-4-8-18-14-7-6-11(3)9-13(14)12(5-2)10-15(16)17/h6-7,9-10H,4-5,8H2,1-3H3,(H,16,17)/b12-10+. The molecule has 0 aliphatic carbocycles. The van der Waals surface area contributed by atoms with Gasteiger partial charge in [-0.25, -0.2) is 4.79 Å². The summed E-state index contributed by atoms with van der Waals surface area (Å²) in [5.41, 5.74) is 2.77. The molecule has 0 aromatic heterocycles. The molecule has 0 atom stereocenters. The Kier molecular flexibility index (Phi) is 5.43. The van der Waals surface area contributed by atoms with Crippen molar-refractivity contribution in [2.45, 2.75) is 33.6 Å². The lowest BCUT2D eigenvalue weighted by atomic mass is 10.00. The van der Waals surface area contributed by atoms with Crippen LogP contribution < -0.4 is 4.74 Å². The highest BCUT2D eigenvalue weighted by Gasteiger charge is 2.09. The van der Waals surface area contributed by atoms with Crippen molar-refractivity contribution < 1.29 is 14.6 Å². The molecule has 0 aliphatic heterocycles. The second kappa shape index (κ2) is 6.84. The largest absolute Gasteiger partial charge is 0.493 e. The molecule has 0 saturated heterocycles. The molecule has 0 unspecified atom stereocenters. The zero-order valence-corrected chi connectivity index (χ0v) is 11.2. The van der Waals surface area contributed by atoms with Crippen LogP contribution in [0.4, 0.5) is 0 Å². The third-order valence-electron chi connectivity index (χ3n) is 2.62. The predicted molar refractivity (Wildman–Crippen MR) is 72.9 cm³/mol. The Morgan fingerprint density at radius 2 is 2.11 bits per heavy atom. The first-order chi connectivity index (χ1) is 8.58. The number of carbonyl (C=O) groups is 1. The number of aryl methyl sites for hydroxylation is 1. The van der Waals surface area contributed by atoms with Gasteiger partial charge in [-0.15, -0.1) is 0 Å². The van der Waals surface area contributed by atoms with E-state index in [0.717, 1.165) is 28.9 Å². The van der Waals surface area contributed by atoms with E-state index in [4.69, 9.17) is 9.84 Å². The van der Waals surface area contributed by atoms with Crippen LogP contribution in [0.3, 0.4) is 0 Å². The van der Waals surface area contributed by atoms with Crippen molar-refractivity contribution in [3.05, 3.63) is 35.4 Å². The highest BCUT2D eigenvalue weighted by Crippen LogP contribution is 2.29. The minimum absolute atomic E-state index is 0.639. The molecule has 0 aliphatic rings. The van der Waals surface area contributed by atoms with E-state index in [9.17, 15) is 4.79 Å². The molecular formula is C15H20O3. The first kappa shape index (κ1) is 14.3. The van der Waals surface area contributed by atoms with E-state index in [2.05, 4.69) is 0 Å². The fourth-order valence-corrected chi connectivity index (χ4v) is 1.75. The number of benzene rings is 1. The molecule has 0 spiro atoms. The number of aliphatic carboxylic acids is 1. The highest BCUT2D eigenvalue weighted by atomic mass is 16.5. The van der Waals surface area contributed by atoms with E-state index in [1.165, 1.54) is 6.08 Å². The van der Waals surface area contributed by atoms with Crippen molar-refractivity contribution in [3.63, 3.8) is 0 Å². The summed E-state index contributed by atoms with van der Waals surface area (Å²) in [6.07, 6.45) is 2.85. The molecule has 0 radical (unpaired) electrons. The number of ether oxygens (including phenoxy) is 1. The summed E-state index contributed by atoms with van der Waals surface area (Å²) in [5.74, 6) is -0.161. The van der Waals surface area contributed by atoms with Gasteiger partial charge in [0.05, 0.1) is 6.61 Å². The lowest BCUT2D eigenvalue weighted by Crippen LogP contribution is -2.00. The summed E-state index contributed by atoms with van der Waals surface area (Å²) in [6, 6.07) is 5.86. The van der Waals surface area contributed by atoms with E-state index in [1.54, 1.807) is 0 Å². The average molecular weight is 248 g/mol. The molecule has 1 N–H and O–H groups in total. The maximum absolute atomic E-state index is 10.8. The first-order valence-corrected chi connectivity index (χ1v) is 6.25. The smallest absolute Gasteiger partial charge is 0.328 e. The van der Waals surface area contributed by atoms with Crippen molar-refractivity contribution in [1.82, 2.24) is 0 Å². The zero-order chi connectivity index (χ0) is 13.5. The molecule has 1 aromatic carbocycles. The van der Waals surface area contributed by atoms with Gasteiger partial charge in [-0.3, -0.25) is 0 Å². The van der Waals surface area contributed by atoms with Crippen LogP contribution >= 0.6 is 0 Å². The van der Waals surface area contributed by atoms with Gasteiger partial charge in [0, 0.05) is 11.6 Å². The van der Waals surface area contributed by atoms with Crippen molar-refractivity contribution in [1.29, 1.82) is 0 Å². The van der Waals surface area contributed by atoms with E-state index in [1.807, 2.05) is 39.0 Å². The quantitative estimate of drug-likeness (QED) is 0.781. The van der Waals surface area contributed by atoms with Gasteiger partial charge in [0.1, 0.15) is 5.75 Å². The topological polar surface area (TPSA) is 46.5 Å². The van der Waals surface area contributed by atoms with E-state index >= 15 is 0 Å². The molecule has 0 bridgehead atoms. The molecule has 0 heterocycles. The van der Waals surface area contributed by atoms with Crippen LogP contribution in [0.25, 0.3) is 5.57 Å². The van der Waals surface area contributed by atoms with Crippen LogP contribution in [-0.2, 0) is 4.79 Å². The van der Waals surface area contributed by atoms with Crippen molar-refractivity contribution in [2.24, 2.45) is 0 Å². The fourth-order valence-electron chi connectivity index (χ4n) is 1.75. The molecule has 3 heteroatoms. The Labute approximate surface area is 108 Å². The second-order valence-corrected chi connectivity index (χ2v) is 4.21. The monoisotopic (exact) mass is 248 g/mol. The average Bonchev–Trinajstić information content (AvgIpc) is 2.34. The maximum Gasteiger partial charge on any atom is 0.328 e. The minimum Gasteiger partial charge on any atom is -0.493 e. The van der Waals surface area contributed by atoms with Gasteiger partial charge in [0.15, 0.2) is 0 Å². The van der Waals surface area contributed by atoms with E-state index < -0.39 is 5.97 Å². The zero-order valence-electron chi connectivity index (χ0n) is 11.2. The maximum atomic E-state index is 10.8.